The summed E-state index contributed by atoms with van der Waals surface area (Å²) < 4.78 is 34.6. The second-order valence-electron chi connectivity index (χ2n) is 8.14. The molecule has 2 N–H and O–H groups in total. The van der Waals surface area contributed by atoms with E-state index in [1.54, 1.807) is 60.8 Å². The monoisotopic (exact) mass is 498 g/mol. The van der Waals surface area contributed by atoms with Gasteiger partial charge >= 0.3 is 0 Å². The van der Waals surface area contributed by atoms with Gasteiger partial charge in [-0.3, -0.25) is 9.78 Å². The minimum atomic E-state index is -4.07. The molecule has 2 heterocycles. The Kier molecular flexibility index (Phi) is 6.57. The SMILES string of the molecule is O=C(Nc1ccc(-c2ccno2)cc1)C(Cc1ccccc1)NS(=O)(=O)c1cccc2cccnc12. The average Bonchev–Trinajstić information content (AvgIpc) is 3.44. The van der Waals surface area contributed by atoms with Crippen molar-refractivity contribution in [1.29, 1.82) is 0 Å². The van der Waals surface area contributed by atoms with E-state index in [-0.39, 0.29) is 11.3 Å². The van der Waals surface area contributed by atoms with Crippen LogP contribution in [-0.2, 0) is 21.2 Å². The molecule has 1 unspecified atom stereocenters. The van der Waals surface area contributed by atoms with E-state index in [0.717, 1.165) is 11.1 Å². The Labute approximate surface area is 208 Å². The molecule has 0 aliphatic heterocycles. The standard InChI is InChI=1S/C27H22N4O4S/c32-27(30-22-13-11-20(12-14-22)24-15-17-29-35-24)23(18-19-6-2-1-3-7-19)31-36(33,34)25-10-4-8-21-9-5-16-28-26(21)25/h1-17,23,31H,18H2,(H,30,32). The van der Waals surface area contributed by atoms with Crippen molar-refractivity contribution in [1.82, 2.24) is 14.9 Å². The van der Waals surface area contributed by atoms with Gasteiger partial charge in [0.1, 0.15) is 10.9 Å². The van der Waals surface area contributed by atoms with Crippen molar-refractivity contribution in [2.45, 2.75) is 17.4 Å². The zero-order valence-corrected chi connectivity index (χ0v) is 19.9. The number of sulfonamides is 1. The summed E-state index contributed by atoms with van der Waals surface area (Å²) in [6.45, 7) is 0. The van der Waals surface area contributed by atoms with Gasteiger partial charge in [0.15, 0.2) is 5.76 Å². The van der Waals surface area contributed by atoms with E-state index in [9.17, 15) is 13.2 Å². The smallest absolute Gasteiger partial charge is 0.243 e. The summed E-state index contributed by atoms with van der Waals surface area (Å²) in [5.41, 5.74) is 2.48. The number of pyridine rings is 1. The molecule has 0 bridgehead atoms. The number of carbonyl (C=O) groups is 1. The molecule has 1 amide bonds. The maximum atomic E-state index is 13.4. The summed E-state index contributed by atoms with van der Waals surface area (Å²) in [6, 6.07) is 25.4. The van der Waals surface area contributed by atoms with E-state index < -0.39 is 22.0 Å². The van der Waals surface area contributed by atoms with Crippen molar-refractivity contribution < 1.29 is 17.7 Å². The Morgan fingerprint density at radius 3 is 2.39 bits per heavy atom. The summed E-state index contributed by atoms with van der Waals surface area (Å²) in [6.07, 6.45) is 3.26. The lowest BCUT2D eigenvalue weighted by molar-refractivity contribution is -0.117. The number of para-hydroxylation sites is 1. The van der Waals surface area contributed by atoms with Crippen LogP contribution in [0.15, 0.2) is 113 Å². The topological polar surface area (TPSA) is 114 Å². The van der Waals surface area contributed by atoms with Crippen LogP contribution in [0.2, 0.25) is 0 Å². The fourth-order valence-electron chi connectivity index (χ4n) is 3.89. The average molecular weight is 499 g/mol. The number of fused-ring (bicyclic) bond motifs is 1. The van der Waals surface area contributed by atoms with Crippen molar-refractivity contribution >= 4 is 32.5 Å². The fourth-order valence-corrected chi connectivity index (χ4v) is 5.27. The molecule has 0 radical (unpaired) electrons. The first-order chi connectivity index (χ1) is 17.5. The Morgan fingerprint density at radius 2 is 1.64 bits per heavy atom. The van der Waals surface area contributed by atoms with Gasteiger partial charge in [0.25, 0.3) is 0 Å². The van der Waals surface area contributed by atoms with Crippen LogP contribution in [-0.4, -0.2) is 30.5 Å². The number of nitrogens with one attached hydrogen (secondary N) is 2. The van der Waals surface area contributed by atoms with E-state index in [2.05, 4.69) is 20.2 Å². The zero-order chi connectivity index (χ0) is 25.0. The summed E-state index contributed by atoms with van der Waals surface area (Å²) in [5, 5.41) is 7.21. The van der Waals surface area contributed by atoms with Crippen molar-refractivity contribution in [2.24, 2.45) is 0 Å². The molecule has 5 rings (SSSR count). The molecule has 0 fully saturated rings. The predicted octanol–water partition coefficient (Wildman–Crippen LogP) is 4.42. The van der Waals surface area contributed by atoms with Crippen LogP contribution < -0.4 is 10.0 Å². The Balaban J connectivity index is 1.42. The highest BCUT2D eigenvalue weighted by molar-refractivity contribution is 7.89. The molecule has 1 atom stereocenters. The first-order valence-corrected chi connectivity index (χ1v) is 12.7. The number of rotatable bonds is 8. The van der Waals surface area contributed by atoms with Crippen LogP contribution in [0.25, 0.3) is 22.2 Å². The zero-order valence-electron chi connectivity index (χ0n) is 19.0. The van der Waals surface area contributed by atoms with Gasteiger partial charge in [-0.1, -0.05) is 53.7 Å². The van der Waals surface area contributed by atoms with Crippen molar-refractivity contribution in [3.63, 3.8) is 0 Å². The Morgan fingerprint density at radius 1 is 0.861 bits per heavy atom. The third-order valence-electron chi connectivity index (χ3n) is 5.66. The number of hydrogen-bond donors (Lipinski definition) is 2. The molecule has 0 saturated carbocycles. The molecule has 0 spiro atoms. The van der Waals surface area contributed by atoms with Crippen LogP contribution in [0.3, 0.4) is 0 Å². The number of anilines is 1. The molecule has 5 aromatic rings. The lowest BCUT2D eigenvalue weighted by Crippen LogP contribution is -2.45. The number of carbonyl (C=O) groups excluding carboxylic acids is 1. The van der Waals surface area contributed by atoms with Gasteiger partial charge in [-0.05, 0) is 48.4 Å². The van der Waals surface area contributed by atoms with Crippen LogP contribution in [0, 0.1) is 0 Å². The van der Waals surface area contributed by atoms with Crippen LogP contribution in [0.1, 0.15) is 5.56 Å². The molecular formula is C27H22N4O4S. The molecular weight excluding hydrogens is 476 g/mol. The predicted molar refractivity (Wildman–Crippen MR) is 137 cm³/mol. The van der Waals surface area contributed by atoms with Crippen LogP contribution >= 0.6 is 0 Å². The van der Waals surface area contributed by atoms with Crippen molar-refractivity contribution in [3.8, 4) is 11.3 Å². The van der Waals surface area contributed by atoms with E-state index in [0.29, 0.717) is 22.4 Å². The van der Waals surface area contributed by atoms with E-state index in [4.69, 9.17) is 4.52 Å². The van der Waals surface area contributed by atoms with Gasteiger partial charge < -0.3 is 9.84 Å². The van der Waals surface area contributed by atoms with E-state index >= 15 is 0 Å². The van der Waals surface area contributed by atoms with E-state index in [1.807, 2.05) is 30.3 Å². The molecule has 2 aromatic heterocycles. The van der Waals surface area contributed by atoms with Gasteiger partial charge in [0.05, 0.1) is 11.7 Å². The lowest BCUT2D eigenvalue weighted by Gasteiger charge is -2.19. The third kappa shape index (κ3) is 5.17. The summed E-state index contributed by atoms with van der Waals surface area (Å²) in [4.78, 5) is 17.6. The summed E-state index contributed by atoms with van der Waals surface area (Å²) >= 11 is 0. The highest BCUT2D eigenvalue weighted by Gasteiger charge is 2.28. The normalized spacial score (nSPS) is 12.3. The largest absolute Gasteiger partial charge is 0.356 e. The van der Waals surface area contributed by atoms with Crippen molar-refractivity contribution in [2.75, 3.05) is 5.32 Å². The quantitative estimate of drug-likeness (QED) is 0.327. The molecule has 3 aromatic carbocycles. The second kappa shape index (κ2) is 10.1. The van der Waals surface area contributed by atoms with Crippen LogP contribution in [0.5, 0.6) is 0 Å². The van der Waals surface area contributed by atoms with Crippen molar-refractivity contribution in [3.05, 3.63) is 109 Å². The molecule has 0 aliphatic rings. The maximum absolute atomic E-state index is 13.4. The number of amides is 1. The molecule has 36 heavy (non-hydrogen) atoms. The molecule has 9 heteroatoms. The molecule has 180 valence electrons. The third-order valence-corrected chi connectivity index (χ3v) is 7.16. The summed E-state index contributed by atoms with van der Waals surface area (Å²) in [7, 11) is -4.07. The number of nitrogens with zero attached hydrogens (tertiary/aromatic N) is 2. The van der Waals surface area contributed by atoms with E-state index in [1.165, 1.54) is 12.3 Å². The molecule has 0 aliphatic carbocycles. The fraction of sp³-hybridized carbons (Fsp3) is 0.0741. The van der Waals surface area contributed by atoms with Gasteiger partial charge in [-0.2, -0.15) is 4.72 Å². The van der Waals surface area contributed by atoms with Crippen LogP contribution in [0.4, 0.5) is 5.69 Å². The first kappa shape index (κ1) is 23.4. The molecule has 0 saturated heterocycles. The Hall–Kier alpha value is -4.34. The number of benzene rings is 3. The Bertz CT molecular complexity index is 1580. The number of hydrogen-bond acceptors (Lipinski definition) is 6. The van der Waals surface area contributed by atoms with Gasteiger partial charge in [-0.15, -0.1) is 0 Å². The minimum absolute atomic E-state index is 0.0165. The highest BCUT2D eigenvalue weighted by atomic mass is 32.2. The lowest BCUT2D eigenvalue weighted by atomic mass is 10.1. The maximum Gasteiger partial charge on any atom is 0.243 e. The number of aromatic nitrogens is 2. The van der Waals surface area contributed by atoms with Gasteiger partial charge in [0, 0.05) is 28.9 Å². The first-order valence-electron chi connectivity index (χ1n) is 11.2. The van der Waals surface area contributed by atoms with Gasteiger partial charge in [0.2, 0.25) is 15.9 Å². The second-order valence-corrected chi connectivity index (χ2v) is 9.82. The molecule has 8 nitrogen and oxygen atoms in total. The minimum Gasteiger partial charge on any atom is -0.356 e. The van der Waals surface area contributed by atoms with Gasteiger partial charge in [-0.25, -0.2) is 8.42 Å². The highest BCUT2D eigenvalue weighted by Crippen LogP contribution is 2.23. The summed E-state index contributed by atoms with van der Waals surface area (Å²) in [5.74, 6) is 0.120.